The van der Waals surface area contributed by atoms with Crippen LogP contribution in [0, 0.1) is 23.7 Å². The number of nitrogens with one attached hydrogen (secondary N) is 2. The number of carbonyl (C=O) groups excluding carboxylic acids is 4. The molecule has 9 nitrogen and oxygen atoms in total. The van der Waals surface area contributed by atoms with Crippen molar-refractivity contribution in [2.75, 3.05) is 25.5 Å². The predicted octanol–water partition coefficient (Wildman–Crippen LogP) is 5.39. The van der Waals surface area contributed by atoms with E-state index in [4.69, 9.17) is 9.47 Å². The van der Waals surface area contributed by atoms with E-state index in [1.807, 2.05) is 41.5 Å². The minimum absolute atomic E-state index is 0.0908. The molecule has 0 spiro atoms. The van der Waals surface area contributed by atoms with Crippen LogP contribution < -0.4 is 10.6 Å². The third-order valence-electron chi connectivity index (χ3n) is 7.01. The Morgan fingerprint density at radius 3 is 2.16 bits per heavy atom. The van der Waals surface area contributed by atoms with Crippen molar-refractivity contribution in [3.63, 3.8) is 0 Å². The van der Waals surface area contributed by atoms with Gasteiger partial charge in [0.2, 0.25) is 5.91 Å². The van der Waals surface area contributed by atoms with Crippen LogP contribution in [0.3, 0.4) is 0 Å². The summed E-state index contributed by atoms with van der Waals surface area (Å²) in [4.78, 5) is 51.7. The van der Waals surface area contributed by atoms with Crippen molar-refractivity contribution in [2.24, 2.45) is 23.7 Å². The Kier molecular flexibility index (Phi) is 11.6. The summed E-state index contributed by atoms with van der Waals surface area (Å²) in [5.41, 5.74) is 0.869. The van der Waals surface area contributed by atoms with Crippen LogP contribution in [-0.2, 0) is 25.7 Å². The molecule has 0 aliphatic carbocycles. The second-order valence-electron chi connectivity index (χ2n) is 11.6. The molecular formula is C29H45N3O6. The molecule has 0 radical (unpaired) electrons. The molecule has 1 aromatic rings. The van der Waals surface area contributed by atoms with E-state index in [2.05, 4.69) is 10.6 Å². The highest BCUT2D eigenvalue weighted by Gasteiger charge is 2.32. The summed E-state index contributed by atoms with van der Waals surface area (Å²) in [6.45, 7) is 12.8. The van der Waals surface area contributed by atoms with Crippen LogP contribution in [0.4, 0.5) is 15.3 Å². The second kappa shape index (κ2) is 14.2. The molecule has 2 N–H and O–H groups in total. The van der Waals surface area contributed by atoms with Gasteiger partial charge in [-0.1, -0.05) is 32.9 Å². The van der Waals surface area contributed by atoms with E-state index < -0.39 is 17.6 Å². The van der Waals surface area contributed by atoms with Crippen molar-refractivity contribution in [1.82, 2.24) is 10.2 Å². The fraction of sp³-hybridized carbons (Fsp3) is 0.655. The highest BCUT2D eigenvalue weighted by molar-refractivity contribution is 5.95. The third-order valence-corrected chi connectivity index (χ3v) is 7.01. The molecule has 1 aliphatic heterocycles. The number of hydrogen-bond acceptors (Lipinski definition) is 6. The first-order valence-corrected chi connectivity index (χ1v) is 13.5. The smallest absolute Gasteiger partial charge is 0.410 e. The van der Waals surface area contributed by atoms with Crippen molar-refractivity contribution < 1.29 is 28.7 Å². The summed E-state index contributed by atoms with van der Waals surface area (Å²) in [6, 6.07) is 7.09. The molecule has 0 unspecified atom stereocenters. The van der Waals surface area contributed by atoms with E-state index >= 15 is 0 Å². The zero-order valence-corrected chi connectivity index (χ0v) is 24.0. The van der Waals surface area contributed by atoms with E-state index in [1.165, 1.54) is 7.05 Å². The molecule has 2 atom stereocenters. The number of carbonyl (C=O) groups is 4. The second-order valence-corrected chi connectivity index (χ2v) is 11.6. The molecule has 0 bridgehead atoms. The van der Waals surface area contributed by atoms with Gasteiger partial charge in [-0.3, -0.25) is 9.59 Å². The summed E-state index contributed by atoms with van der Waals surface area (Å²) >= 11 is 0. The van der Waals surface area contributed by atoms with Crippen LogP contribution in [0.1, 0.15) is 72.8 Å². The number of rotatable bonds is 10. The van der Waals surface area contributed by atoms with Crippen LogP contribution >= 0.6 is 0 Å². The quantitative estimate of drug-likeness (QED) is 0.419. The molecule has 1 heterocycles. The van der Waals surface area contributed by atoms with Gasteiger partial charge in [-0.2, -0.15) is 0 Å². The number of ketones is 1. The highest BCUT2D eigenvalue weighted by atomic mass is 16.6. The minimum atomic E-state index is -0.542. The number of benzene rings is 1. The van der Waals surface area contributed by atoms with Gasteiger partial charge in [0, 0.05) is 44.1 Å². The SMILES string of the molecule is CNC(=O)OCc1ccc(NC(=O)[C@@H](CC(=O)[C@@H](C)C(C)C)CC2CCN(C(=O)OC(C)(C)C)CC2)cc1. The minimum Gasteiger partial charge on any atom is -0.445 e. The van der Waals surface area contributed by atoms with Crippen LogP contribution in [0.5, 0.6) is 0 Å². The van der Waals surface area contributed by atoms with Crippen LogP contribution in [0.2, 0.25) is 0 Å². The Hall–Kier alpha value is -3.10. The van der Waals surface area contributed by atoms with Crippen molar-refractivity contribution in [3.05, 3.63) is 29.8 Å². The number of piperidine rings is 1. The van der Waals surface area contributed by atoms with Gasteiger partial charge in [0.05, 0.1) is 0 Å². The van der Waals surface area contributed by atoms with E-state index in [-0.39, 0.29) is 48.6 Å². The van der Waals surface area contributed by atoms with Gasteiger partial charge in [-0.05, 0) is 69.6 Å². The lowest BCUT2D eigenvalue weighted by molar-refractivity contribution is -0.129. The zero-order valence-electron chi connectivity index (χ0n) is 24.0. The van der Waals surface area contributed by atoms with Crippen LogP contribution in [0.15, 0.2) is 24.3 Å². The summed E-state index contributed by atoms with van der Waals surface area (Å²) in [5, 5.41) is 5.36. The van der Waals surface area contributed by atoms with Gasteiger partial charge in [0.25, 0.3) is 0 Å². The number of ether oxygens (including phenoxy) is 2. The van der Waals surface area contributed by atoms with Crippen LogP contribution in [0.25, 0.3) is 0 Å². The molecule has 1 saturated heterocycles. The molecule has 38 heavy (non-hydrogen) atoms. The lowest BCUT2D eigenvalue weighted by Gasteiger charge is -2.34. The molecule has 2 rings (SSSR count). The fourth-order valence-corrected chi connectivity index (χ4v) is 4.31. The Morgan fingerprint density at radius 1 is 1.03 bits per heavy atom. The molecule has 0 aromatic heterocycles. The number of alkyl carbamates (subject to hydrolysis) is 1. The summed E-state index contributed by atoms with van der Waals surface area (Å²) in [6.07, 6.45) is 1.48. The molecule has 1 aromatic carbocycles. The van der Waals surface area contributed by atoms with Gasteiger partial charge >= 0.3 is 12.2 Å². The predicted molar refractivity (Wildman–Crippen MR) is 147 cm³/mol. The number of amides is 3. The molecular weight excluding hydrogens is 486 g/mol. The molecule has 1 fully saturated rings. The maximum Gasteiger partial charge on any atom is 0.410 e. The zero-order chi connectivity index (χ0) is 28.5. The summed E-state index contributed by atoms with van der Waals surface area (Å²) in [5.74, 6) is -0.244. The Bertz CT molecular complexity index is 946. The van der Waals surface area contributed by atoms with Gasteiger partial charge in [0.1, 0.15) is 18.0 Å². The van der Waals surface area contributed by atoms with Crippen molar-refractivity contribution in [2.45, 2.75) is 79.4 Å². The first-order chi connectivity index (χ1) is 17.8. The number of likely N-dealkylation sites (tertiary alicyclic amines) is 1. The van der Waals surface area contributed by atoms with E-state index in [0.717, 1.165) is 18.4 Å². The number of hydrogen-bond donors (Lipinski definition) is 2. The Balaban J connectivity index is 2.03. The molecule has 0 saturated carbocycles. The standard InChI is InChI=1S/C29H45N3O6/c1-19(2)20(3)25(33)17-23(16-21-12-14-32(15-13-21)28(36)38-29(4,5)6)26(34)31-24-10-8-22(9-11-24)18-37-27(35)30-7/h8-11,19-21,23H,12-18H2,1-7H3,(H,30,35)(H,31,34)/t20-,23+/m0/s1. The summed E-state index contributed by atoms with van der Waals surface area (Å²) < 4.78 is 10.5. The number of Topliss-reactive ketones (excluding diaryl/α,β-unsaturated/α-hetero) is 1. The Morgan fingerprint density at radius 2 is 1.63 bits per heavy atom. The number of nitrogens with zero attached hydrogens (tertiary/aromatic N) is 1. The highest BCUT2D eigenvalue weighted by Crippen LogP contribution is 2.29. The average Bonchev–Trinajstić information content (AvgIpc) is 2.86. The monoisotopic (exact) mass is 531 g/mol. The molecule has 212 valence electrons. The van der Waals surface area contributed by atoms with Crippen LogP contribution in [-0.4, -0.2) is 54.5 Å². The maximum atomic E-state index is 13.4. The first kappa shape index (κ1) is 31.1. The largest absolute Gasteiger partial charge is 0.445 e. The van der Waals surface area contributed by atoms with Gasteiger partial charge in [-0.25, -0.2) is 9.59 Å². The average molecular weight is 532 g/mol. The van der Waals surface area contributed by atoms with Crippen molar-refractivity contribution in [1.29, 1.82) is 0 Å². The Labute approximate surface area is 227 Å². The van der Waals surface area contributed by atoms with Crippen molar-refractivity contribution >= 4 is 29.6 Å². The van der Waals surface area contributed by atoms with Gasteiger partial charge in [0.15, 0.2) is 0 Å². The third kappa shape index (κ3) is 10.3. The lowest BCUT2D eigenvalue weighted by atomic mass is 9.81. The van der Waals surface area contributed by atoms with Gasteiger partial charge in [-0.15, -0.1) is 0 Å². The fourth-order valence-electron chi connectivity index (χ4n) is 4.31. The van der Waals surface area contributed by atoms with E-state index in [9.17, 15) is 19.2 Å². The number of anilines is 1. The molecule has 1 aliphatic rings. The topological polar surface area (TPSA) is 114 Å². The maximum absolute atomic E-state index is 13.4. The molecule has 9 heteroatoms. The van der Waals surface area contributed by atoms with Crippen molar-refractivity contribution in [3.8, 4) is 0 Å². The van der Waals surface area contributed by atoms with E-state index in [1.54, 1.807) is 29.2 Å². The summed E-state index contributed by atoms with van der Waals surface area (Å²) in [7, 11) is 1.49. The normalized spacial score (nSPS) is 15.9. The first-order valence-electron chi connectivity index (χ1n) is 13.5. The lowest BCUT2D eigenvalue weighted by Crippen LogP contribution is -2.42. The van der Waals surface area contributed by atoms with Gasteiger partial charge < -0.3 is 25.0 Å². The molecule has 3 amide bonds. The van der Waals surface area contributed by atoms with E-state index in [0.29, 0.717) is 25.2 Å².